The molecule has 1 spiro atoms. The molecule has 8 rings (SSSR count). The molecule has 0 radical (unpaired) electrons. The van der Waals surface area contributed by atoms with Gasteiger partial charge < -0.3 is 29.7 Å². The van der Waals surface area contributed by atoms with Crippen molar-refractivity contribution in [3.05, 3.63) is 184 Å². The van der Waals surface area contributed by atoms with Gasteiger partial charge in [-0.25, -0.2) is 9.69 Å². The number of carbonyl (C=O) groups excluding carboxylic acids is 4. The molecular weight excluding hydrogens is 833 g/mol. The summed E-state index contributed by atoms with van der Waals surface area (Å²) in [6.45, 7) is 2.81. The number of amides is 3. The number of fused-ring (bicyclic) bond motifs is 3. The number of aliphatic hydroxyl groups is 2. The number of nitrogens with one attached hydrogen (secondary N) is 1. The molecule has 0 saturated carbocycles. The van der Waals surface area contributed by atoms with Gasteiger partial charge in [0.15, 0.2) is 0 Å². The molecule has 0 bridgehead atoms. The van der Waals surface area contributed by atoms with Crippen LogP contribution in [-0.2, 0) is 35.9 Å². The van der Waals surface area contributed by atoms with Crippen LogP contribution in [0.1, 0.15) is 58.0 Å². The predicted molar refractivity (Wildman–Crippen MR) is 236 cm³/mol. The highest BCUT2D eigenvalue weighted by Crippen LogP contribution is 2.66. The van der Waals surface area contributed by atoms with E-state index in [9.17, 15) is 25.1 Å². The number of cyclic esters (lactones) is 1. The highest BCUT2D eigenvalue weighted by molar-refractivity contribution is 6.23. The van der Waals surface area contributed by atoms with Crippen molar-refractivity contribution < 1.29 is 48.5 Å². The Morgan fingerprint density at radius 3 is 2.26 bits per heavy atom. The van der Waals surface area contributed by atoms with Gasteiger partial charge in [0.05, 0.1) is 41.8 Å². The third kappa shape index (κ3) is 8.10. The molecule has 6 atom stereocenters. The minimum absolute atomic E-state index is 0.0359. The molecule has 0 aromatic heterocycles. The Morgan fingerprint density at radius 2 is 1.58 bits per heavy atom. The number of ether oxygens (including phenoxy) is 3. The smallest absolute Gasteiger partial charge is 0.421 e. The number of rotatable bonds is 13. The van der Waals surface area contributed by atoms with Crippen LogP contribution in [0.4, 0.5) is 16.2 Å². The molecule has 15 heteroatoms. The molecule has 2 saturated heterocycles. The van der Waals surface area contributed by atoms with Gasteiger partial charge in [-0.15, -0.1) is 6.58 Å². The van der Waals surface area contributed by atoms with E-state index < -0.39 is 64.4 Å². The second kappa shape index (κ2) is 19.0. The summed E-state index contributed by atoms with van der Waals surface area (Å²) >= 11 is 0. The Labute approximate surface area is 374 Å². The molecule has 3 aliphatic heterocycles. The van der Waals surface area contributed by atoms with E-state index in [0.717, 1.165) is 4.90 Å². The van der Waals surface area contributed by atoms with Crippen LogP contribution >= 0.6 is 0 Å². The lowest BCUT2D eigenvalue weighted by molar-refractivity contribution is -0.384. The highest BCUT2D eigenvalue weighted by Gasteiger charge is 2.75. The minimum Gasteiger partial charge on any atom is -0.491 e. The van der Waals surface area contributed by atoms with Crippen molar-refractivity contribution in [1.82, 2.24) is 10.2 Å². The maximum absolute atomic E-state index is 16.2. The van der Waals surface area contributed by atoms with Gasteiger partial charge in [-0.1, -0.05) is 90.7 Å². The van der Waals surface area contributed by atoms with E-state index in [1.807, 2.05) is 65.6 Å². The van der Waals surface area contributed by atoms with E-state index >= 15 is 14.4 Å². The number of morpholine rings is 1. The topological polar surface area (TPSA) is 198 Å². The van der Waals surface area contributed by atoms with E-state index in [0.29, 0.717) is 33.6 Å². The molecule has 0 aliphatic carbocycles. The summed E-state index contributed by atoms with van der Waals surface area (Å²) < 4.78 is 18.2. The van der Waals surface area contributed by atoms with Gasteiger partial charge in [0, 0.05) is 30.7 Å². The second-order valence-electron chi connectivity index (χ2n) is 15.6. The number of anilines is 1. The van der Waals surface area contributed by atoms with Crippen LogP contribution in [0.2, 0.25) is 0 Å². The molecule has 2 fully saturated rings. The summed E-state index contributed by atoms with van der Waals surface area (Å²) in [5.41, 5.74) is 0.566. The summed E-state index contributed by atoms with van der Waals surface area (Å²) in [6.07, 6.45) is -0.460. The van der Waals surface area contributed by atoms with Gasteiger partial charge in [-0.3, -0.25) is 29.4 Å². The number of nitrogens with zero attached hydrogens (tertiary/aromatic N) is 3. The normalized spacial score (nSPS) is 21.9. The quantitative estimate of drug-likeness (QED) is 0.0411. The molecule has 65 heavy (non-hydrogen) atoms. The Bertz CT molecular complexity index is 2680. The molecule has 0 unspecified atom stereocenters. The molecule has 3 N–H and O–H groups in total. The largest absolute Gasteiger partial charge is 0.491 e. The molecule has 5 aromatic carbocycles. The van der Waals surface area contributed by atoms with Crippen LogP contribution in [0.15, 0.2) is 140 Å². The van der Waals surface area contributed by atoms with E-state index in [-0.39, 0.29) is 56.3 Å². The zero-order chi connectivity index (χ0) is 45.7. The zero-order valence-corrected chi connectivity index (χ0v) is 34.9. The first-order chi connectivity index (χ1) is 31.6. The standard InChI is InChI=1S/C50H44N4O11/c1-2-25-51-46(57)41-43-47(58)65-44(35-15-7-4-8-16-35)42(34-13-5-3-6-14-34)53(43)45(36-17-11-18-38(30-36)63-28-27-56)50(41)39-29-32(12-9-10-26-55)21-24-40(39)52(48(50)59)49(60)64-31-33-19-22-37(23-20-33)54(61)62/h2-8,11,13-24,29-30,41-45,55-56H,1,10,25-28,31H2,(H,51,57)/t41-,42-,43-,44+,45+,50-/m1/s1. The number of non-ortho nitro benzene ring substituents is 1. The number of nitro groups is 1. The fraction of sp³-hybridized carbons (Fsp3) is 0.240. The summed E-state index contributed by atoms with van der Waals surface area (Å²) in [6, 6.07) is 31.9. The van der Waals surface area contributed by atoms with Crippen molar-refractivity contribution in [2.45, 2.75) is 42.7 Å². The van der Waals surface area contributed by atoms with Gasteiger partial charge in [0.25, 0.3) is 5.69 Å². The van der Waals surface area contributed by atoms with Crippen molar-refractivity contribution in [2.75, 3.05) is 31.3 Å². The Kier molecular flexibility index (Phi) is 12.9. The zero-order valence-electron chi connectivity index (χ0n) is 34.9. The molecular formula is C50H44N4O11. The summed E-state index contributed by atoms with van der Waals surface area (Å²) in [5.74, 6) is 2.33. The molecule has 5 aromatic rings. The maximum Gasteiger partial charge on any atom is 0.421 e. The molecule has 3 aliphatic rings. The molecule has 3 amide bonds. The Hall–Kier alpha value is -7.64. The summed E-state index contributed by atoms with van der Waals surface area (Å²) in [5, 5.41) is 33.5. The number of hydrogen-bond donors (Lipinski definition) is 3. The molecule has 3 heterocycles. The lowest BCUT2D eigenvalue weighted by Crippen LogP contribution is -2.55. The van der Waals surface area contributed by atoms with Crippen LogP contribution in [-0.4, -0.2) is 76.3 Å². The fourth-order valence-corrected chi connectivity index (χ4v) is 9.33. The minimum atomic E-state index is -2.11. The third-order valence-corrected chi connectivity index (χ3v) is 11.9. The van der Waals surface area contributed by atoms with Crippen molar-refractivity contribution in [3.63, 3.8) is 0 Å². The predicted octanol–water partition coefficient (Wildman–Crippen LogP) is 6.00. The van der Waals surface area contributed by atoms with Crippen LogP contribution in [0.3, 0.4) is 0 Å². The van der Waals surface area contributed by atoms with Gasteiger partial charge in [0.2, 0.25) is 11.8 Å². The van der Waals surface area contributed by atoms with E-state index in [1.165, 1.54) is 36.4 Å². The van der Waals surface area contributed by atoms with Gasteiger partial charge in [-0.2, -0.15) is 0 Å². The monoisotopic (exact) mass is 876 g/mol. The first kappa shape index (κ1) is 44.0. The Morgan fingerprint density at radius 1 is 0.877 bits per heavy atom. The molecule has 330 valence electrons. The average Bonchev–Trinajstić information content (AvgIpc) is 3.79. The number of hydrogen-bond acceptors (Lipinski definition) is 12. The highest BCUT2D eigenvalue weighted by atomic mass is 16.6. The SMILES string of the molecule is C=CCNC(=O)[C@H]1[C@@H]2C(=O)O[C@@H](c3ccccc3)[C@@H](c3ccccc3)N2[C@@H](c2cccc(OCCO)c2)[C@]12C(=O)N(C(=O)OCc1ccc([N+](=O)[O-])cc1)c1ccc(C#CCCO)cc12. The summed E-state index contributed by atoms with van der Waals surface area (Å²) in [7, 11) is 0. The first-order valence-corrected chi connectivity index (χ1v) is 20.9. The van der Waals surface area contributed by atoms with Gasteiger partial charge >= 0.3 is 12.1 Å². The number of benzene rings is 5. The lowest BCUT2D eigenvalue weighted by atomic mass is 9.65. The van der Waals surface area contributed by atoms with Crippen LogP contribution in [0, 0.1) is 27.9 Å². The number of aliphatic hydroxyl groups excluding tert-OH is 2. The van der Waals surface area contributed by atoms with Crippen LogP contribution in [0.5, 0.6) is 5.75 Å². The van der Waals surface area contributed by atoms with Gasteiger partial charge in [-0.05, 0) is 70.3 Å². The first-order valence-electron chi connectivity index (χ1n) is 20.9. The van der Waals surface area contributed by atoms with Crippen molar-refractivity contribution in [3.8, 4) is 17.6 Å². The molecule has 15 nitrogen and oxygen atoms in total. The van der Waals surface area contributed by atoms with E-state index in [4.69, 9.17) is 14.2 Å². The van der Waals surface area contributed by atoms with Crippen molar-refractivity contribution >= 4 is 35.3 Å². The Balaban J connectivity index is 1.41. The third-order valence-electron chi connectivity index (χ3n) is 11.9. The number of carbonyl (C=O) groups is 4. The van der Waals surface area contributed by atoms with Crippen molar-refractivity contribution in [2.24, 2.45) is 5.92 Å². The number of imide groups is 1. The fourth-order valence-electron chi connectivity index (χ4n) is 9.33. The van der Waals surface area contributed by atoms with E-state index in [1.54, 1.807) is 36.4 Å². The average molecular weight is 877 g/mol. The summed E-state index contributed by atoms with van der Waals surface area (Å²) in [4.78, 5) is 74.7. The maximum atomic E-state index is 16.2. The van der Waals surface area contributed by atoms with Crippen LogP contribution in [0.25, 0.3) is 0 Å². The van der Waals surface area contributed by atoms with Gasteiger partial charge in [0.1, 0.15) is 36.5 Å². The second-order valence-corrected chi connectivity index (χ2v) is 15.6. The van der Waals surface area contributed by atoms with Crippen LogP contribution < -0.4 is 15.0 Å². The van der Waals surface area contributed by atoms with Crippen molar-refractivity contribution in [1.29, 1.82) is 0 Å². The number of nitro benzene ring substituents is 1. The number of esters is 1. The van der Waals surface area contributed by atoms with E-state index in [2.05, 4.69) is 23.7 Å². The lowest BCUT2D eigenvalue weighted by Gasteiger charge is -2.46.